The second kappa shape index (κ2) is 2.89. The standard InChI is InChI=1S/C8H14NO/c1-2-8(1)7-9-3-5-10-6-4-9/h1,8H,2-7H2. The van der Waals surface area contributed by atoms with Crippen molar-refractivity contribution in [3.05, 3.63) is 6.42 Å². The molecule has 1 aliphatic heterocycles. The summed E-state index contributed by atoms with van der Waals surface area (Å²) in [6, 6.07) is 0. The van der Waals surface area contributed by atoms with Gasteiger partial charge in [-0.3, -0.25) is 4.90 Å². The van der Waals surface area contributed by atoms with Crippen molar-refractivity contribution in [3.63, 3.8) is 0 Å². The van der Waals surface area contributed by atoms with Crippen LogP contribution in [0.4, 0.5) is 0 Å². The number of ether oxygens (including phenoxy) is 1. The largest absolute Gasteiger partial charge is 0.379 e. The Hall–Kier alpha value is -0.0800. The number of morpholine rings is 1. The molecule has 0 bridgehead atoms. The van der Waals surface area contributed by atoms with Crippen LogP contribution in [0.5, 0.6) is 0 Å². The molecule has 1 saturated carbocycles. The second-order valence-electron chi connectivity index (χ2n) is 3.14. The SMILES string of the molecule is [CH]1CC1CN1CCOCC1. The second-order valence-corrected chi connectivity index (χ2v) is 3.14. The molecule has 57 valence electrons. The zero-order valence-corrected chi connectivity index (χ0v) is 6.25. The maximum absolute atomic E-state index is 5.25. The highest BCUT2D eigenvalue weighted by molar-refractivity contribution is 4.96. The van der Waals surface area contributed by atoms with Crippen molar-refractivity contribution in [2.75, 3.05) is 32.8 Å². The summed E-state index contributed by atoms with van der Waals surface area (Å²) in [6.45, 7) is 5.44. The predicted molar refractivity (Wildman–Crippen MR) is 39.7 cm³/mol. The molecule has 1 saturated heterocycles. The Bertz CT molecular complexity index is 106. The molecule has 1 radical (unpaired) electrons. The van der Waals surface area contributed by atoms with Gasteiger partial charge in [0.2, 0.25) is 0 Å². The van der Waals surface area contributed by atoms with Crippen molar-refractivity contribution in [3.8, 4) is 0 Å². The smallest absolute Gasteiger partial charge is 0.0594 e. The van der Waals surface area contributed by atoms with E-state index < -0.39 is 0 Å². The van der Waals surface area contributed by atoms with Gasteiger partial charge in [-0.1, -0.05) is 0 Å². The molecule has 1 heterocycles. The molecule has 1 aliphatic carbocycles. The quantitative estimate of drug-likeness (QED) is 0.555. The van der Waals surface area contributed by atoms with E-state index in [4.69, 9.17) is 4.74 Å². The summed E-state index contributed by atoms with van der Waals surface area (Å²) in [5, 5.41) is 0. The molecule has 0 spiro atoms. The first kappa shape index (κ1) is 6.62. The van der Waals surface area contributed by atoms with Crippen LogP contribution in [0.1, 0.15) is 6.42 Å². The minimum atomic E-state index is 0.915. The maximum atomic E-state index is 5.25. The Morgan fingerprint density at radius 2 is 2.10 bits per heavy atom. The Kier molecular flexibility index (Phi) is 1.91. The van der Waals surface area contributed by atoms with Gasteiger partial charge in [-0.25, -0.2) is 0 Å². The van der Waals surface area contributed by atoms with Gasteiger partial charge in [0.05, 0.1) is 13.2 Å². The number of hydrogen-bond donors (Lipinski definition) is 0. The van der Waals surface area contributed by atoms with Gasteiger partial charge in [0.15, 0.2) is 0 Å². The van der Waals surface area contributed by atoms with Crippen molar-refractivity contribution in [1.29, 1.82) is 0 Å². The average Bonchev–Trinajstić information content (AvgIpc) is 2.74. The topological polar surface area (TPSA) is 12.5 Å². The highest BCUT2D eigenvalue weighted by Crippen LogP contribution is 2.28. The highest BCUT2D eigenvalue weighted by atomic mass is 16.5. The lowest BCUT2D eigenvalue weighted by Gasteiger charge is -2.26. The van der Waals surface area contributed by atoms with Crippen LogP contribution in [0.3, 0.4) is 0 Å². The molecule has 0 aromatic rings. The van der Waals surface area contributed by atoms with E-state index in [0.717, 1.165) is 32.2 Å². The van der Waals surface area contributed by atoms with E-state index in [9.17, 15) is 0 Å². The zero-order chi connectivity index (χ0) is 6.81. The molecule has 0 N–H and O–H groups in total. The molecular weight excluding hydrogens is 126 g/mol. The molecular formula is C8H14NO. The van der Waals surface area contributed by atoms with E-state index in [1.807, 2.05) is 0 Å². The Balaban J connectivity index is 1.69. The van der Waals surface area contributed by atoms with Gasteiger partial charge in [-0.05, 0) is 18.8 Å². The fraction of sp³-hybridized carbons (Fsp3) is 0.875. The van der Waals surface area contributed by atoms with Gasteiger partial charge in [-0.15, -0.1) is 0 Å². The van der Waals surface area contributed by atoms with Crippen LogP contribution < -0.4 is 0 Å². The van der Waals surface area contributed by atoms with E-state index >= 15 is 0 Å². The van der Waals surface area contributed by atoms with Crippen LogP contribution in [0.25, 0.3) is 0 Å². The van der Waals surface area contributed by atoms with Crippen molar-refractivity contribution >= 4 is 0 Å². The fourth-order valence-corrected chi connectivity index (χ4v) is 1.36. The van der Waals surface area contributed by atoms with Crippen molar-refractivity contribution in [2.45, 2.75) is 6.42 Å². The first-order valence-corrected chi connectivity index (χ1v) is 4.08. The lowest BCUT2D eigenvalue weighted by Crippen LogP contribution is -2.37. The molecule has 2 rings (SSSR count). The van der Waals surface area contributed by atoms with Crippen LogP contribution in [-0.4, -0.2) is 37.7 Å². The molecule has 2 fully saturated rings. The maximum Gasteiger partial charge on any atom is 0.0594 e. The zero-order valence-electron chi connectivity index (χ0n) is 6.25. The molecule has 0 aromatic carbocycles. The molecule has 2 nitrogen and oxygen atoms in total. The van der Waals surface area contributed by atoms with Crippen LogP contribution in [0.15, 0.2) is 0 Å². The van der Waals surface area contributed by atoms with Crippen molar-refractivity contribution in [1.82, 2.24) is 4.90 Å². The third kappa shape index (κ3) is 1.70. The third-order valence-electron chi connectivity index (χ3n) is 2.17. The van der Waals surface area contributed by atoms with Gasteiger partial charge >= 0.3 is 0 Å². The highest BCUT2D eigenvalue weighted by Gasteiger charge is 2.25. The van der Waals surface area contributed by atoms with E-state index in [1.54, 1.807) is 0 Å². The third-order valence-corrected chi connectivity index (χ3v) is 2.17. The molecule has 10 heavy (non-hydrogen) atoms. The van der Waals surface area contributed by atoms with E-state index in [2.05, 4.69) is 11.3 Å². The van der Waals surface area contributed by atoms with E-state index in [1.165, 1.54) is 13.0 Å². The van der Waals surface area contributed by atoms with Gasteiger partial charge in [-0.2, -0.15) is 0 Å². The Labute approximate surface area is 62.2 Å². The fourth-order valence-electron chi connectivity index (χ4n) is 1.36. The molecule has 0 amide bonds. The summed E-state index contributed by atoms with van der Waals surface area (Å²) < 4.78 is 5.25. The van der Waals surface area contributed by atoms with Gasteiger partial charge in [0.1, 0.15) is 0 Å². The summed E-state index contributed by atoms with van der Waals surface area (Å²) >= 11 is 0. The van der Waals surface area contributed by atoms with Crippen LogP contribution in [0, 0.1) is 12.3 Å². The summed E-state index contributed by atoms with van der Waals surface area (Å²) in [5.74, 6) is 0.915. The van der Waals surface area contributed by atoms with Crippen molar-refractivity contribution in [2.24, 2.45) is 5.92 Å². The monoisotopic (exact) mass is 140 g/mol. The van der Waals surface area contributed by atoms with Crippen molar-refractivity contribution < 1.29 is 4.74 Å². The average molecular weight is 140 g/mol. The Morgan fingerprint density at radius 3 is 2.70 bits per heavy atom. The molecule has 0 aromatic heterocycles. The molecule has 2 aliphatic rings. The van der Waals surface area contributed by atoms with E-state index in [-0.39, 0.29) is 0 Å². The molecule has 1 unspecified atom stereocenters. The summed E-state index contributed by atoms with van der Waals surface area (Å²) in [4.78, 5) is 2.50. The lowest BCUT2D eigenvalue weighted by atomic mass is 10.3. The lowest BCUT2D eigenvalue weighted by molar-refractivity contribution is 0.0363. The number of rotatable bonds is 2. The van der Waals surface area contributed by atoms with E-state index in [0.29, 0.717) is 0 Å². The minimum Gasteiger partial charge on any atom is -0.379 e. The first-order valence-electron chi connectivity index (χ1n) is 4.08. The van der Waals surface area contributed by atoms with Gasteiger partial charge in [0, 0.05) is 19.6 Å². The van der Waals surface area contributed by atoms with Crippen LogP contribution in [0.2, 0.25) is 0 Å². The summed E-state index contributed by atoms with van der Waals surface area (Å²) in [5.41, 5.74) is 0. The Morgan fingerprint density at radius 1 is 1.40 bits per heavy atom. The van der Waals surface area contributed by atoms with Gasteiger partial charge < -0.3 is 4.74 Å². The molecule has 1 atom stereocenters. The molecule has 2 heteroatoms. The van der Waals surface area contributed by atoms with Crippen LogP contribution in [-0.2, 0) is 4.74 Å². The number of nitrogens with zero attached hydrogens (tertiary/aromatic N) is 1. The number of hydrogen-bond acceptors (Lipinski definition) is 2. The van der Waals surface area contributed by atoms with Crippen LogP contribution >= 0.6 is 0 Å². The summed E-state index contributed by atoms with van der Waals surface area (Å²) in [6.07, 6.45) is 3.73. The van der Waals surface area contributed by atoms with Gasteiger partial charge in [0.25, 0.3) is 0 Å². The predicted octanol–water partition coefficient (Wildman–Crippen LogP) is 0.543. The normalized spacial score (nSPS) is 28.8. The minimum absolute atomic E-state index is 0.915. The summed E-state index contributed by atoms with van der Waals surface area (Å²) in [7, 11) is 0. The first-order chi connectivity index (χ1) is 4.95.